The summed E-state index contributed by atoms with van der Waals surface area (Å²) in [6, 6.07) is 45.7. The van der Waals surface area contributed by atoms with Crippen molar-refractivity contribution < 1.29 is 48.2 Å². The average molecular weight is 953 g/mol. The number of thiazole rings is 2. The number of aromatic nitrogens is 2. The van der Waals surface area contributed by atoms with Crippen LogP contribution in [0, 0.1) is 0 Å². The number of nitrogens with one attached hydrogen (secondary N) is 1. The molecule has 14 nitrogen and oxygen atoms in total. The number of rotatable bonds is 20. The standard InChI is InChI=1S/C52H44N2O12S2/c1-61-41-16-8-14-37(28-41)43(65-49(57)35-10-4-2-5-11-35)30-62-40-24-20-34(21-25-40)27-46-48(56)54(52(60)68-46)32-64-42-17-9-15-38(29-42)44(66-50(58)36-12-6-3-7-13-36)31-63-39-22-18-33(19-23-39)26-45-47(55)53-51(59)67-45/h2-25,28-29,43-44,55-56H,26-27,30-32H2,1H3,(H,53,59). The van der Waals surface area contributed by atoms with Gasteiger partial charge in [0, 0.05) is 12.8 Å². The predicted octanol–water partition coefficient (Wildman–Crippen LogP) is 9.25. The summed E-state index contributed by atoms with van der Waals surface area (Å²) < 4.78 is 36.6. The van der Waals surface area contributed by atoms with Crippen molar-refractivity contribution >= 4 is 34.6 Å². The van der Waals surface area contributed by atoms with Crippen LogP contribution in [0.4, 0.5) is 0 Å². The van der Waals surface area contributed by atoms with E-state index in [0.717, 1.165) is 38.4 Å². The highest BCUT2D eigenvalue weighted by Crippen LogP contribution is 2.30. The van der Waals surface area contributed by atoms with Crippen molar-refractivity contribution in [2.75, 3.05) is 20.3 Å². The van der Waals surface area contributed by atoms with E-state index in [1.807, 2.05) is 42.5 Å². The summed E-state index contributed by atoms with van der Waals surface area (Å²) in [6.07, 6.45) is -1.01. The second-order valence-corrected chi connectivity index (χ2v) is 17.3. The molecule has 0 aliphatic rings. The van der Waals surface area contributed by atoms with E-state index in [9.17, 15) is 29.4 Å². The van der Waals surface area contributed by atoms with E-state index in [1.54, 1.807) is 122 Å². The number of benzene rings is 6. The van der Waals surface area contributed by atoms with Gasteiger partial charge in [-0.3, -0.25) is 14.6 Å². The summed E-state index contributed by atoms with van der Waals surface area (Å²) in [5, 5.41) is 21.2. The number of H-pyrrole nitrogens is 1. The van der Waals surface area contributed by atoms with Crippen LogP contribution in [0.5, 0.6) is 34.8 Å². The zero-order valence-corrected chi connectivity index (χ0v) is 38.1. The van der Waals surface area contributed by atoms with Crippen LogP contribution in [0.15, 0.2) is 167 Å². The van der Waals surface area contributed by atoms with Gasteiger partial charge in [-0.2, -0.15) is 0 Å². The van der Waals surface area contributed by atoms with E-state index in [1.165, 1.54) is 0 Å². The number of esters is 2. The van der Waals surface area contributed by atoms with Crippen LogP contribution in [-0.2, 0) is 29.0 Å². The minimum Gasteiger partial charge on any atom is -0.497 e. The van der Waals surface area contributed by atoms with Gasteiger partial charge in [0.2, 0.25) is 11.8 Å². The molecule has 0 spiro atoms. The van der Waals surface area contributed by atoms with Crippen molar-refractivity contribution in [2.24, 2.45) is 0 Å². The van der Waals surface area contributed by atoms with Crippen LogP contribution in [0.2, 0.25) is 0 Å². The number of ether oxygens (including phenoxy) is 6. The van der Waals surface area contributed by atoms with Gasteiger partial charge in [0.25, 0.3) is 0 Å². The second-order valence-electron chi connectivity index (χ2n) is 15.2. The molecule has 2 atom stereocenters. The van der Waals surface area contributed by atoms with Crippen LogP contribution in [0.1, 0.15) is 64.9 Å². The highest BCUT2D eigenvalue weighted by Gasteiger charge is 2.23. The van der Waals surface area contributed by atoms with Crippen LogP contribution in [0.25, 0.3) is 0 Å². The first-order valence-corrected chi connectivity index (χ1v) is 22.9. The normalized spacial score (nSPS) is 11.8. The van der Waals surface area contributed by atoms with Gasteiger partial charge in [0.05, 0.1) is 28.0 Å². The molecule has 0 fully saturated rings. The molecule has 68 heavy (non-hydrogen) atoms. The van der Waals surface area contributed by atoms with Crippen molar-refractivity contribution in [1.29, 1.82) is 0 Å². The summed E-state index contributed by atoms with van der Waals surface area (Å²) in [7, 11) is 1.56. The highest BCUT2D eigenvalue weighted by atomic mass is 32.1. The SMILES string of the molecule is COc1cccc(C(COc2ccc(Cc3sc(=O)n(COc4cccc(C(COc5ccc(Cc6sc(=O)[nH]c6O)cc5)OC(=O)c5ccccc5)c4)c3O)cc2)OC(=O)c2ccccc2)c1. The lowest BCUT2D eigenvalue weighted by Crippen LogP contribution is -2.19. The number of methoxy groups -OCH3 is 1. The molecule has 3 N–H and O–H groups in total. The minimum absolute atomic E-state index is 0.0255. The molecule has 2 heterocycles. The fourth-order valence-electron chi connectivity index (χ4n) is 6.99. The number of hydrogen-bond donors (Lipinski definition) is 3. The van der Waals surface area contributed by atoms with Crippen LogP contribution >= 0.6 is 22.7 Å². The first-order chi connectivity index (χ1) is 33.1. The number of hydrogen-bond acceptors (Lipinski definition) is 14. The maximum absolute atomic E-state index is 13.3. The first kappa shape index (κ1) is 46.4. The molecule has 16 heteroatoms. The largest absolute Gasteiger partial charge is 0.497 e. The predicted molar refractivity (Wildman–Crippen MR) is 256 cm³/mol. The first-order valence-electron chi connectivity index (χ1n) is 21.2. The Bertz CT molecular complexity index is 3070. The van der Waals surface area contributed by atoms with Crippen molar-refractivity contribution in [2.45, 2.75) is 31.8 Å². The molecular weight excluding hydrogens is 909 g/mol. The Hall–Kier alpha value is -8.08. The molecule has 0 aliphatic heterocycles. The van der Waals surface area contributed by atoms with Gasteiger partial charge in [-0.25, -0.2) is 14.2 Å². The van der Waals surface area contributed by atoms with E-state index >= 15 is 0 Å². The number of aromatic amines is 1. The third-order valence-corrected chi connectivity index (χ3v) is 12.4. The Balaban J connectivity index is 0.901. The Labute approximate surface area is 397 Å². The van der Waals surface area contributed by atoms with Gasteiger partial charge in [0.15, 0.2) is 18.9 Å². The summed E-state index contributed by atoms with van der Waals surface area (Å²) in [6.45, 7) is -0.329. The van der Waals surface area contributed by atoms with Gasteiger partial charge in [0.1, 0.15) is 36.2 Å². The molecule has 2 unspecified atom stereocenters. The maximum atomic E-state index is 13.3. The monoisotopic (exact) mass is 952 g/mol. The summed E-state index contributed by atoms with van der Waals surface area (Å²) in [5.74, 6) is 0.550. The molecule has 0 saturated heterocycles. The van der Waals surface area contributed by atoms with E-state index in [0.29, 0.717) is 61.4 Å². The van der Waals surface area contributed by atoms with Crippen LogP contribution < -0.4 is 28.7 Å². The van der Waals surface area contributed by atoms with Crippen molar-refractivity contribution in [3.63, 3.8) is 0 Å². The number of aromatic hydroxyl groups is 2. The molecule has 6 aromatic carbocycles. The number of carbonyl (C=O) groups excluding carboxylic acids is 2. The Kier molecular flexibility index (Phi) is 15.0. The third kappa shape index (κ3) is 12.0. The van der Waals surface area contributed by atoms with E-state index in [4.69, 9.17) is 28.4 Å². The van der Waals surface area contributed by atoms with Gasteiger partial charge in [-0.1, -0.05) is 108 Å². The molecule has 8 aromatic rings. The summed E-state index contributed by atoms with van der Waals surface area (Å²) in [4.78, 5) is 53.6. The van der Waals surface area contributed by atoms with Crippen LogP contribution in [-0.4, -0.2) is 52.0 Å². The van der Waals surface area contributed by atoms with E-state index in [2.05, 4.69) is 4.98 Å². The average Bonchev–Trinajstić information content (AvgIpc) is 3.83. The lowest BCUT2D eigenvalue weighted by Gasteiger charge is -2.20. The van der Waals surface area contributed by atoms with Crippen LogP contribution in [0.3, 0.4) is 0 Å². The maximum Gasteiger partial charge on any atom is 0.338 e. The van der Waals surface area contributed by atoms with Crippen molar-refractivity contribution in [3.05, 3.63) is 220 Å². The van der Waals surface area contributed by atoms with Crippen molar-refractivity contribution in [3.8, 4) is 34.8 Å². The van der Waals surface area contributed by atoms with Gasteiger partial charge in [-0.05, 0) is 95.1 Å². The molecule has 0 radical (unpaired) electrons. The zero-order valence-electron chi connectivity index (χ0n) is 36.4. The molecule has 0 saturated carbocycles. The van der Waals surface area contributed by atoms with Crippen molar-refractivity contribution in [1.82, 2.24) is 9.55 Å². The zero-order chi connectivity index (χ0) is 47.4. The lowest BCUT2D eigenvalue weighted by molar-refractivity contribution is 0.0161. The second kappa shape index (κ2) is 21.9. The van der Waals surface area contributed by atoms with E-state index in [-0.39, 0.29) is 43.0 Å². The van der Waals surface area contributed by atoms with Gasteiger partial charge >= 0.3 is 21.7 Å². The fraction of sp³-hybridized carbons (Fsp3) is 0.154. The smallest absolute Gasteiger partial charge is 0.338 e. The minimum atomic E-state index is -0.882. The number of carbonyl (C=O) groups is 2. The molecule has 0 amide bonds. The quantitative estimate of drug-likeness (QED) is 0.0617. The van der Waals surface area contributed by atoms with E-state index < -0.39 is 29.0 Å². The highest BCUT2D eigenvalue weighted by molar-refractivity contribution is 7.09. The third-order valence-electron chi connectivity index (χ3n) is 10.6. The Morgan fingerprint density at radius 3 is 1.57 bits per heavy atom. The molecule has 2 aromatic heterocycles. The molecule has 346 valence electrons. The molecular formula is C52H44N2O12S2. The fourth-order valence-corrected chi connectivity index (χ4v) is 8.65. The lowest BCUT2D eigenvalue weighted by atomic mass is 10.1. The number of nitrogens with zero attached hydrogens (tertiary/aromatic N) is 1. The topological polar surface area (TPSA) is 185 Å². The summed E-state index contributed by atoms with van der Waals surface area (Å²) >= 11 is 1.85. The Morgan fingerprint density at radius 2 is 1.07 bits per heavy atom. The summed E-state index contributed by atoms with van der Waals surface area (Å²) in [5.41, 5.74) is 3.68. The molecule has 8 rings (SSSR count). The van der Waals surface area contributed by atoms with Gasteiger partial charge < -0.3 is 38.6 Å². The molecule has 0 aliphatic carbocycles. The molecule has 0 bridgehead atoms. The van der Waals surface area contributed by atoms with Gasteiger partial charge in [-0.15, -0.1) is 0 Å². The Morgan fingerprint density at radius 1 is 0.574 bits per heavy atom.